The maximum atomic E-state index is 12.7. The van der Waals surface area contributed by atoms with Gasteiger partial charge in [0.25, 0.3) is 0 Å². The summed E-state index contributed by atoms with van der Waals surface area (Å²) in [5.41, 5.74) is 3.09. The van der Waals surface area contributed by atoms with Gasteiger partial charge in [0.1, 0.15) is 17.6 Å². The van der Waals surface area contributed by atoms with Crippen molar-refractivity contribution < 1.29 is 9.47 Å². The van der Waals surface area contributed by atoms with Gasteiger partial charge in [-0.3, -0.25) is 0 Å². The van der Waals surface area contributed by atoms with Crippen LogP contribution in [0.25, 0.3) is 10.9 Å². The summed E-state index contributed by atoms with van der Waals surface area (Å²) in [6.45, 7) is 0.322. The second-order valence-corrected chi connectivity index (χ2v) is 8.58. The molecule has 33 heavy (non-hydrogen) atoms. The van der Waals surface area contributed by atoms with Crippen molar-refractivity contribution in [3.05, 3.63) is 77.8 Å². The molecule has 0 saturated carbocycles. The summed E-state index contributed by atoms with van der Waals surface area (Å²) < 4.78 is 10.8. The maximum Gasteiger partial charge on any atom is 0.162 e. The number of hydrogen-bond donors (Lipinski definition) is 2. The van der Waals surface area contributed by atoms with Gasteiger partial charge in [-0.05, 0) is 29.8 Å². The number of anilines is 3. The van der Waals surface area contributed by atoms with Gasteiger partial charge in [-0.2, -0.15) is 0 Å². The van der Waals surface area contributed by atoms with Gasteiger partial charge in [-0.15, -0.1) is 0 Å². The molecule has 1 aliphatic heterocycles. The normalized spacial score (nSPS) is 14.7. The number of rotatable bonds is 7. The van der Waals surface area contributed by atoms with E-state index in [9.17, 15) is 5.21 Å². The summed E-state index contributed by atoms with van der Waals surface area (Å²) >= 11 is 1.51. The van der Waals surface area contributed by atoms with E-state index in [1.807, 2.05) is 60.7 Å². The SMILES string of the molecule is COc1cc2ncnc(Nc3ccc4c(c3)NC(N([O-])Cc3ccccc3)S4)c2cc1OC. The highest BCUT2D eigenvalue weighted by atomic mass is 32.2. The molecule has 2 N–H and O–H groups in total. The van der Waals surface area contributed by atoms with E-state index in [0.717, 1.165) is 37.8 Å². The van der Waals surface area contributed by atoms with Crippen molar-refractivity contribution >= 4 is 39.9 Å². The molecule has 168 valence electrons. The van der Waals surface area contributed by atoms with Gasteiger partial charge in [0.05, 0.1) is 25.4 Å². The number of fused-ring (bicyclic) bond motifs is 2. The molecule has 9 heteroatoms. The summed E-state index contributed by atoms with van der Waals surface area (Å²) in [5.74, 6) is 1.86. The third-order valence-electron chi connectivity index (χ3n) is 5.34. The fraction of sp³-hybridized carbons (Fsp3) is 0.167. The van der Waals surface area contributed by atoms with Crippen LogP contribution in [-0.4, -0.2) is 34.7 Å². The van der Waals surface area contributed by atoms with Gasteiger partial charge in [0.2, 0.25) is 0 Å². The monoisotopic (exact) mass is 460 g/mol. The van der Waals surface area contributed by atoms with E-state index >= 15 is 0 Å². The lowest BCUT2D eigenvalue weighted by Crippen LogP contribution is -2.30. The third-order valence-corrected chi connectivity index (χ3v) is 6.53. The minimum atomic E-state index is -0.382. The first-order valence-corrected chi connectivity index (χ1v) is 11.2. The maximum absolute atomic E-state index is 12.7. The quantitative estimate of drug-likeness (QED) is 0.361. The van der Waals surface area contributed by atoms with Crippen LogP contribution in [0, 0.1) is 5.21 Å². The number of nitrogens with one attached hydrogen (secondary N) is 2. The summed E-state index contributed by atoms with van der Waals surface area (Å²) in [7, 11) is 3.19. The van der Waals surface area contributed by atoms with Crippen molar-refractivity contribution in [1.29, 1.82) is 0 Å². The molecule has 1 atom stereocenters. The summed E-state index contributed by atoms with van der Waals surface area (Å²) in [6, 6.07) is 19.4. The minimum absolute atomic E-state index is 0.322. The molecule has 0 saturated heterocycles. The van der Waals surface area contributed by atoms with E-state index in [0.29, 0.717) is 23.9 Å². The molecular formula is C24H22N5O3S-. The molecule has 8 nitrogen and oxygen atoms in total. The van der Waals surface area contributed by atoms with Crippen molar-refractivity contribution in [2.45, 2.75) is 16.9 Å². The van der Waals surface area contributed by atoms with Gasteiger partial charge in [0.15, 0.2) is 11.5 Å². The van der Waals surface area contributed by atoms with Crippen molar-refractivity contribution in [2.24, 2.45) is 0 Å². The molecule has 0 bridgehead atoms. The van der Waals surface area contributed by atoms with Crippen LogP contribution in [0.2, 0.25) is 0 Å². The summed E-state index contributed by atoms with van der Waals surface area (Å²) in [4.78, 5) is 9.79. The van der Waals surface area contributed by atoms with E-state index in [1.165, 1.54) is 18.1 Å². The topological polar surface area (TPSA) is 94.6 Å². The van der Waals surface area contributed by atoms with Crippen molar-refractivity contribution in [3.8, 4) is 11.5 Å². The first kappa shape index (κ1) is 21.3. The zero-order chi connectivity index (χ0) is 22.8. The van der Waals surface area contributed by atoms with Crippen LogP contribution in [0.3, 0.4) is 0 Å². The highest BCUT2D eigenvalue weighted by Gasteiger charge is 2.23. The standard InChI is InChI=1S/C24H22N5O3S/c1-31-20-11-17-18(12-21(20)32-2)25-14-26-23(17)27-16-8-9-22-19(10-16)28-24(33-22)29(30)13-15-6-4-3-5-7-15/h3-12,14,24,28H,13H2,1-2H3,(H,25,26,27)/q-1. The predicted molar refractivity (Wildman–Crippen MR) is 131 cm³/mol. The number of benzene rings is 3. The average molecular weight is 461 g/mol. The van der Waals surface area contributed by atoms with Crippen molar-refractivity contribution in [3.63, 3.8) is 0 Å². The smallest absolute Gasteiger partial charge is 0.162 e. The third kappa shape index (κ3) is 4.38. The first-order valence-electron chi connectivity index (χ1n) is 10.3. The fourth-order valence-electron chi connectivity index (χ4n) is 3.70. The molecule has 5 rings (SSSR count). The average Bonchev–Trinajstić information content (AvgIpc) is 3.28. The Morgan fingerprint density at radius 1 is 1.03 bits per heavy atom. The first-order chi connectivity index (χ1) is 16.1. The van der Waals surface area contributed by atoms with Crippen LogP contribution >= 0.6 is 11.8 Å². The summed E-state index contributed by atoms with van der Waals surface area (Å²) in [6.07, 6.45) is 1.51. The molecule has 3 aromatic carbocycles. The minimum Gasteiger partial charge on any atom is -0.783 e. The molecule has 2 heterocycles. The zero-order valence-corrected chi connectivity index (χ0v) is 18.9. The number of aromatic nitrogens is 2. The van der Waals surface area contributed by atoms with Gasteiger partial charge >= 0.3 is 0 Å². The van der Waals surface area contributed by atoms with Gasteiger partial charge in [-0.25, -0.2) is 9.97 Å². The Bertz CT molecular complexity index is 1290. The number of thioether (sulfide) groups is 1. The molecule has 4 aromatic rings. The van der Waals surface area contributed by atoms with E-state index in [1.54, 1.807) is 14.2 Å². The molecule has 0 amide bonds. The lowest BCUT2D eigenvalue weighted by atomic mass is 10.2. The highest BCUT2D eigenvalue weighted by Crippen LogP contribution is 2.42. The van der Waals surface area contributed by atoms with Gasteiger partial charge in [0, 0.05) is 28.6 Å². The van der Waals surface area contributed by atoms with Crippen LogP contribution in [0.1, 0.15) is 5.56 Å². The molecule has 1 aromatic heterocycles. The molecule has 0 radical (unpaired) electrons. The summed E-state index contributed by atoms with van der Waals surface area (Å²) in [5, 5.41) is 21.2. The molecule has 0 spiro atoms. The van der Waals surface area contributed by atoms with E-state index in [-0.39, 0.29) is 5.50 Å². The van der Waals surface area contributed by atoms with E-state index < -0.39 is 0 Å². The fourth-order valence-corrected chi connectivity index (χ4v) is 4.71. The molecule has 0 aliphatic carbocycles. The Balaban J connectivity index is 1.35. The lowest BCUT2D eigenvalue weighted by Gasteiger charge is -2.34. The zero-order valence-electron chi connectivity index (χ0n) is 18.1. The van der Waals surface area contributed by atoms with Crippen LogP contribution in [-0.2, 0) is 6.54 Å². The van der Waals surface area contributed by atoms with Crippen molar-refractivity contribution in [2.75, 3.05) is 24.9 Å². The Hall–Kier alpha value is -3.53. The van der Waals surface area contributed by atoms with E-state index in [4.69, 9.17) is 9.47 Å². The van der Waals surface area contributed by atoms with Gasteiger partial charge in [-0.1, -0.05) is 42.1 Å². The molecular weight excluding hydrogens is 438 g/mol. The van der Waals surface area contributed by atoms with Crippen LogP contribution < -0.4 is 20.1 Å². The second-order valence-electron chi connectivity index (χ2n) is 7.46. The molecule has 1 aliphatic rings. The van der Waals surface area contributed by atoms with Crippen LogP contribution in [0.4, 0.5) is 17.2 Å². The lowest BCUT2D eigenvalue weighted by molar-refractivity contribution is 0.356. The highest BCUT2D eigenvalue weighted by molar-refractivity contribution is 8.00. The van der Waals surface area contributed by atoms with Gasteiger partial charge < -0.3 is 30.4 Å². The predicted octanol–water partition coefficient (Wildman–Crippen LogP) is 5.19. The Morgan fingerprint density at radius 2 is 1.82 bits per heavy atom. The number of ether oxygens (including phenoxy) is 2. The number of nitrogens with zero attached hydrogens (tertiary/aromatic N) is 3. The molecule has 0 fully saturated rings. The molecule has 1 unspecified atom stereocenters. The Kier molecular flexibility index (Phi) is 5.91. The van der Waals surface area contributed by atoms with E-state index in [2.05, 4.69) is 20.6 Å². The largest absolute Gasteiger partial charge is 0.783 e. The number of hydroxylamine groups is 2. The number of methoxy groups -OCH3 is 2. The van der Waals surface area contributed by atoms with Crippen LogP contribution in [0.15, 0.2) is 71.9 Å². The number of hydrogen-bond acceptors (Lipinski definition) is 9. The van der Waals surface area contributed by atoms with Crippen LogP contribution in [0.5, 0.6) is 11.5 Å². The van der Waals surface area contributed by atoms with Crippen molar-refractivity contribution in [1.82, 2.24) is 15.0 Å². The second kappa shape index (κ2) is 9.14. The Labute approximate surface area is 195 Å². The Morgan fingerprint density at radius 3 is 2.61 bits per heavy atom.